The molecule has 0 aliphatic carbocycles. The van der Waals surface area contributed by atoms with E-state index in [9.17, 15) is 0 Å². The normalized spacial score (nSPS) is 10.8. The van der Waals surface area contributed by atoms with Crippen molar-refractivity contribution in [1.82, 2.24) is 4.57 Å². The third-order valence-corrected chi connectivity index (χ3v) is 5.65. The summed E-state index contributed by atoms with van der Waals surface area (Å²) in [5.74, 6) is 0. The monoisotopic (exact) mass is 437 g/mol. The van der Waals surface area contributed by atoms with E-state index in [0.717, 1.165) is 17.9 Å². The Kier molecular flexibility index (Phi) is 11.3. The molecule has 2 aromatic carbocycles. The lowest BCUT2D eigenvalue weighted by molar-refractivity contribution is 0.541. The highest BCUT2D eigenvalue weighted by Crippen LogP contribution is 2.32. The SMILES string of the molecule is CCCCCCCCCCCCn1c2cc(N)ccc2c2ccc(N)cc21.Cl.Cl. The van der Waals surface area contributed by atoms with Gasteiger partial charge in [-0.15, -0.1) is 24.8 Å². The molecule has 0 bridgehead atoms. The first kappa shape index (κ1) is 25.5. The van der Waals surface area contributed by atoms with Gasteiger partial charge in [0.15, 0.2) is 0 Å². The van der Waals surface area contributed by atoms with Crippen LogP contribution in [0.4, 0.5) is 11.4 Å². The van der Waals surface area contributed by atoms with E-state index in [1.54, 1.807) is 0 Å². The molecular formula is C24H37Cl2N3. The maximum Gasteiger partial charge on any atom is 0.0512 e. The molecular weight excluding hydrogens is 401 g/mol. The number of aromatic nitrogens is 1. The molecule has 0 atom stereocenters. The van der Waals surface area contributed by atoms with E-state index in [0.29, 0.717) is 0 Å². The highest BCUT2D eigenvalue weighted by Gasteiger charge is 2.11. The lowest BCUT2D eigenvalue weighted by Crippen LogP contribution is -1.99. The largest absolute Gasteiger partial charge is 0.399 e. The number of halogens is 2. The molecule has 0 saturated carbocycles. The van der Waals surface area contributed by atoms with E-state index in [1.165, 1.54) is 86.0 Å². The van der Waals surface area contributed by atoms with Gasteiger partial charge in [0.25, 0.3) is 0 Å². The Bertz CT molecular complexity index is 814. The second-order valence-corrected chi connectivity index (χ2v) is 7.89. The minimum Gasteiger partial charge on any atom is -0.399 e. The summed E-state index contributed by atoms with van der Waals surface area (Å²) in [4.78, 5) is 0. The molecule has 0 aliphatic heterocycles. The van der Waals surface area contributed by atoms with Crippen LogP contribution in [0.5, 0.6) is 0 Å². The zero-order valence-electron chi connectivity index (χ0n) is 17.7. The molecule has 1 heterocycles. The Morgan fingerprint density at radius 3 is 1.48 bits per heavy atom. The molecule has 1 aromatic heterocycles. The van der Waals surface area contributed by atoms with Gasteiger partial charge in [-0.05, 0) is 30.7 Å². The van der Waals surface area contributed by atoms with Crippen LogP contribution in [0.2, 0.25) is 0 Å². The second kappa shape index (κ2) is 12.9. The highest BCUT2D eigenvalue weighted by atomic mass is 35.5. The maximum atomic E-state index is 6.06. The fourth-order valence-electron chi connectivity index (χ4n) is 4.13. The van der Waals surface area contributed by atoms with Crippen molar-refractivity contribution in [1.29, 1.82) is 0 Å². The van der Waals surface area contributed by atoms with Crippen LogP contribution in [0, 0.1) is 0 Å². The number of fused-ring (bicyclic) bond motifs is 3. The molecule has 3 nitrogen and oxygen atoms in total. The molecule has 0 amide bonds. The molecule has 0 unspecified atom stereocenters. The first-order valence-electron chi connectivity index (χ1n) is 10.8. The van der Waals surface area contributed by atoms with Crippen LogP contribution in [-0.2, 0) is 6.54 Å². The van der Waals surface area contributed by atoms with Gasteiger partial charge in [-0.1, -0.05) is 76.8 Å². The van der Waals surface area contributed by atoms with Crippen LogP contribution >= 0.6 is 24.8 Å². The molecule has 0 fully saturated rings. The lowest BCUT2D eigenvalue weighted by atomic mass is 10.1. The standard InChI is InChI=1S/C24H35N3.2ClH/c1-2-3-4-5-6-7-8-9-10-11-16-27-23-17-19(25)12-14-21(23)22-15-13-20(26)18-24(22)27;;/h12-15,17-18H,2-11,16,25-26H2,1H3;2*1H. The van der Waals surface area contributed by atoms with Crippen molar-refractivity contribution in [2.45, 2.75) is 77.7 Å². The molecule has 162 valence electrons. The summed E-state index contributed by atoms with van der Waals surface area (Å²) in [6, 6.07) is 12.5. The van der Waals surface area contributed by atoms with Crippen molar-refractivity contribution in [3.63, 3.8) is 0 Å². The van der Waals surface area contributed by atoms with Gasteiger partial charge in [-0.2, -0.15) is 0 Å². The Morgan fingerprint density at radius 2 is 1.03 bits per heavy atom. The number of hydrogen-bond acceptors (Lipinski definition) is 2. The van der Waals surface area contributed by atoms with Crippen LogP contribution in [0.15, 0.2) is 36.4 Å². The van der Waals surface area contributed by atoms with E-state index in [2.05, 4.69) is 35.8 Å². The Labute approximate surface area is 188 Å². The van der Waals surface area contributed by atoms with Gasteiger partial charge in [0, 0.05) is 28.7 Å². The Balaban J connectivity index is 0.00000210. The molecule has 3 rings (SSSR count). The van der Waals surface area contributed by atoms with Crippen molar-refractivity contribution >= 4 is 58.0 Å². The number of nitrogens with two attached hydrogens (primary N) is 2. The average Bonchev–Trinajstić information content (AvgIpc) is 2.95. The number of hydrogen-bond donors (Lipinski definition) is 2. The van der Waals surface area contributed by atoms with Crippen molar-refractivity contribution < 1.29 is 0 Å². The number of rotatable bonds is 11. The van der Waals surface area contributed by atoms with Crippen LogP contribution < -0.4 is 11.5 Å². The second-order valence-electron chi connectivity index (χ2n) is 7.89. The molecule has 0 spiro atoms. The summed E-state index contributed by atoms with van der Waals surface area (Å²) < 4.78 is 2.40. The van der Waals surface area contributed by atoms with E-state index in [4.69, 9.17) is 11.5 Å². The number of nitrogens with zero attached hydrogens (tertiary/aromatic N) is 1. The van der Waals surface area contributed by atoms with Crippen LogP contribution in [0.3, 0.4) is 0 Å². The summed E-state index contributed by atoms with van der Waals surface area (Å²) in [7, 11) is 0. The van der Waals surface area contributed by atoms with Gasteiger partial charge in [0.2, 0.25) is 0 Å². The fraction of sp³-hybridized carbons (Fsp3) is 0.500. The number of aryl methyl sites for hydroxylation is 1. The average molecular weight is 438 g/mol. The zero-order valence-corrected chi connectivity index (χ0v) is 19.3. The molecule has 29 heavy (non-hydrogen) atoms. The van der Waals surface area contributed by atoms with Gasteiger partial charge < -0.3 is 16.0 Å². The first-order chi connectivity index (χ1) is 13.2. The Morgan fingerprint density at radius 1 is 0.621 bits per heavy atom. The fourth-order valence-corrected chi connectivity index (χ4v) is 4.13. The third kappa shape index (κ3) is 6.72. The minimum absolute atomic E-state index is 0. The summed E-state index contributed by atoms with van der Waals surface area (Å²) in [6.45, 7) is 3.31. The summed E-state index contributed by atoms with van der Waals surface area (Å²) in [5, 5.41) is 2.54. The molecule has 5 heteroatoms. The minimum atomic E-state index is 0. The number of unbranched alkanes of at least 4 members (excludes halogenated alkanes) is 9. The van der Waals surface area contributed by atoms with Gasteiger partial charge in [0.05, 0.1) is 11.0 Å². The van der Waals surface area contributed by atoms with Crippen LogP contribution in [0.25, 0.3) is 21.8 Å². The summed E-state index contributed by atoms with van der Waals surface area (Å²) in [6.07, 6.45) is 13.6. The number of anilines is 2. The van der Waals surface area contributed by atoms with Crippen LogP contribution in [-0.4, -0.2) is 4.57 Å². The topological polar surface area (TPSA) is 57.0 Å². The predicted octanol–water partition coefficient (Wildman–Crippen LogP) is 7.72. The van der Waals surface area contributed by atoms with E-state index in [1.807, 2.05) is 12.1 Å². The van der Waals surface area contributed by atoms with Crippen molar-refractivity contribution in [2.24, 2.45) is 0 Å². The van der Waals surface area contributed by atoms with Gasteiger partial charge in [-0.3, -0.25) is 0 Å². The van der Waals surface area contributed by atoms with Gasteiger partial charge >= 0.3 is 0 Å². The number of benzene rings is 2. The first-order valence-corrected chi connectivity index (χ1v) is 10.8. The van der Waals surface area contributed by atoms with Gasteiger partial charge in [0.1, 0.15) is 0 Å². The van der Waals surface area contributed by atoms with Crippen molar-refractivity contribution in [3.8, 4) is 0 Å². The number of nitrogen functional groups attached to an aromatic ring is 2. The smallest absolute Gasteiger partial charge is 0.0512 e. The molecule has 0 saturated heterocycles. The molecule has 3 aromatic rings. The zero-order chi connectivity index (χ0) is 19.1. The molecule has 0 radical (unpaired) electrons. The van der Waals surface area contributed by atoms with E-state index in [-0.39, 0.29) is 24.8 Å². The van der Waals surface area contributed by atoms with Crippen molar-refractivity contribution in [2.75, 3.05) is 11.5 Å². The van der Waals surface area contributed by atoms with E-state index < -0.39 is 0 Å². The predicted molar refractivity (Wildman–Crippen MR) is 135 cm³/mol. The molecule has 4 N–H and O–H groups in total. The maximum absolute atomic E-state index is 6.06. The lowest BCUT2D eigenvalue weighted by Gasteiger charge is -2.08. The molecule has 0 aliphatic rings. The summed E-state index contributed by atoms with van der Waals surface area (Å²) in [5.41, 5.74) is 16.2. The Hall–Kier alpha value is -1.58. The van der Waals surface area contributed by atoms with Gasteiger partial charge in [-0.25, -0.2) is 0 Å². The quantitative estimate of drug-likeness (QED) is 0.238. The highest BCUT2D eigenvalue weighted by molar-refractivity contribution is 6.09. The third-order valence-electron chi connectivity index (χ3n) is 5.65. The van der Waals surface area contributed by atoms with E-state index >= 15 is 0 Å². The van der Waals surface area contributed by atoms with Crippen molar-refractivity contribution in [3.05, 3.63) is 36.4 Å². The summed E-state index contributed by atoms with van der Waals surface area (Å²) >= 11 is 0. The van der Waals surface area contributed by atoms with Crippen LogP contribution in [0.1, 0.15) is 71.1 Å².